The van der Waals surface area contributed by atoms with Crippen molar-refractivity contribution in [3.05, 3.63) is 29.3 Å². The molecular formula is C15H24N2O. The van der Waals surface area contributed by atoms with Gasteiger partial charge in [0.15, 0.2) is 0 Å². The van der Waals surface area contributed by atoms with Crippen molar-refractivity contribution >= 4 is 5.69 Å². The van der Waals surface area contributed by atoms with E-state index in [1.54, 1.807) is 0 Å². The summed E-state index contributed by atoms with van der Waals surface area (Å²) < 4.78 is 5.43. The van der Waals surface area contributed by atoms with Gasteiger partial charge < -0.3 is 15.0 Å². The molecule has 18 heavy (non-hydrogen) atoms. The fraction of sp³-hybridized carbons (Fsp3) is 0.600. The summed E-state index contributed by atoms with van der Waals surface area (Å²) in [5.41, 5.74) is 4.08. The third-order valence-corrected chi connectivity index (χ3v) is 3.29. The molecule has 0 aromatic heterocycles. The van der Waals surface area contributed by atoms with Gasteiger partial charge in [-0.15, -0.1) is 0 Å². The Kier molecular flexibility index (Phi) is 4.61. The number of hydrogen-bond acceptors (Lipinski definition) is 3. The van der Waals surface area contributed by atoms with Crippen LogP contribution in [0.25, 0.3) is 0 Å². The second-order valence-electron chi connectivity index (χ2n) is 5.27. The summed E-state index contributed by atoms with van der Waals surface area (Å²) in [6.45, 7) is 11.1. The first kappa shape index (κ1) is 13.4. The number of anilines is 1. The lowest BCUT2D eigenvalue weighted by atomic mass is 10.1. The average molecular weight is 248 g/mol. The molecule has 2 rings (SSSR count). The Labute approximate surface area is 110 Å². The maximum Gasteiger partial charge on any atom is 0.0642 e. The van der Waals surface area contributed by atoms with Crippen LogP contribution < -0.4 is 10.2 Å². The molecule has 0 atom stereocenters. The lowest BCUT2D eigenvalue weighted by molar-refractivity contribution is 0.122. The van der Waals surface area contributed by atoms with Crippen LogP contribution in [0.15, 0.2) is 18.2 Å². The van der Waals surface area contributed by atoms with Crippen molar-refractivity contribution in [2.24, 2.45) is 0 Å². The molecule has 3 nitrogen and oxygen atoms in total. The highest BCUT2D eigenvalue weighted by atomic mass is 16.5. The van der Waals surface area contributed by atoms with Crippen LogP contribution >= 0.6 is 0 Å². The molecule has 0 aliphatic carbocycles. The SMILES string of the molecule is Cc1ccc(N2CCOCC2)c(CNC(C)C)c1. The minimum Gasteiger partial charge on any atom is -0.378 e. The van der Waals surface area contributed by atoms with Gasteiger partial charge in [-0.2, -0.15) is 0 Å². The van der Waals surface area contributed by atoms with Crippen molar-refractivity contribution in [3.8, 4) is 0 Å². The molecule has 3 heteroatoms. The topological polar surface area (TPSA) is 24.5 Å². The summed E-state index contributed by atoms with van der Waals surface area (Å²) in [7, 11) is 0. The molecular weight excluding hydrogens is 224 g/mol. The predicted octanol–water partition coefficient (Wildman–Crippen LogP) is 2.33. The molecule has 1 aliphatic rings. The van der Waals surface area contributed by atoms with Gasteiger partial charge in [0.05, 0.1) is 13.2 Å². The third-order valence-electron chi connectivity index (χ3n) is 3.29. The Bertz CT molecular complexity index is 384. The smallest absolute Gasteiger partial charge is 0.0642 e. The van der Waals surface area contributed by atoms with Gasteiger partial charge in [0.25, 0.3) is 0 Å². The third kappa shape index (κ3) is 3.47. The van der Waals surface area contributed by atoms with Gasteiger partial charge in [-0.05, 0) is 18.6 Å². The zero-order chi connectivity index (χ0) is 13.0. The zero-order valence-electron chi connectivity index (χ0n) is 11.7. The molecule has 0 amide bonds. The highest BCUT2D eigenvalue weighted by molar-refractivity contribution is 5.55. The van der Waals surface area contributed by atoms with Crippen LogP contribution in [0.5, 0.6) is 0 Å². The number of morpholine rings is 1. The second-order valence-corrected chi connectivity index (χ2v) is 5.27. The van der Waals surface area contributed by atoms with E-state index in [4.69, 9.17) is 4.74 Å². The molecule has 100 valence electrons. The maximum atomic E-state index is 5.43. The molecule has 0 saturated carbocycles. The fourth-order valence-corrected chi connectivity index (χ4v) is 2.28. The molecule has 1 aromatic rings. The minimum absolute atomic E-state index is 0.517. The van der Waals surface area contributed by atoms with E-state index in [0.29, 0.717) is 6.04 Å². The zero-order valence-corrected chi connectivity index (χ0v) is 11.7. The number of nitrogens with zero attached hydrogens (tertiary/aromatic N) is 1. The van der Waals surface area contributed by atoms with Crippen LogP contribution in [0.2, 0.25) is 0 Å². The van der Waals surface area contributed by atoms with Gasteiger partial charge in [0, 0.05) is 31.4 Å². The molecule has 1 fully saturated rings. The van der Waals surface area contributed by atoms with E-state index in [2.05, 4.69) is 49.2 Å². The lowest BCUT2D eigenvalue weighted by Gasteiger charge is -2.31. The normalized spacial score (nSPS) is 16.3. The van der Waals surface area contributed by atoms with Gasteiger partial charge in [0.2, 0.25) is 0 Å². The van der Waals surface area contributed by atoms with Crippen LogP contribution in [0.3, 0.4) is 0 Å². The van der Waals surface area contributed by atoms with E-state index in [9.17, 15) is 0 Å². The Morgan fingerprint density at radius 1 is 1.28 bits per heavy atom. The van der Waals surface area contributed by atoms with Crippen molar-refractivity contribution in [2.75, 3.05) is 31.2 Å². The molecule has 0 bridgehead atoms. The first-order valence-electron chi connectivity index (χ1n) is 6.82. The van der Waals surface area contributed by atoms with Crippen molar-refractivity contribution < 1.29 is 4.74 Å². The largest absolute Gasteiger partial charge is 0.378 e. The first-order chi connectivity index (χ1) is 8.66. The summed E-state index contributed by atoms with van der Waals surface area (Å²) >= 11 is 0. The van der Waals surface area contributed by atoms with Crippen LogP contribution in [-0.2, 0) is 11.3 Å². The number of nitrogens with one attached hydrogen (secondary N) is 1. The van der Waals surface area contributed by atoms with Crippen LogP contribution in [0.4, 0.5) is 5.69 Å². The molecule has 0 unspecified atom stereocenters. The molecule has 1 heterocycles. The van der Waals surface area contributed by atoms with Gasteiger partial charge in [-0.25, -0.2) is 0 Å². The summed E-state index contributed by atoms with van der Waals surface area (Å²) in [6, 6.07) is 7.25. The monoisotopic (exact) mass is 248 g/mol. The minimum atomic E-state index is 0.517. The summed E-state index contributed by atoms with van der Waals surface area (Å²) in [5.74, 6) is 0. The Hall–Kier alpha value is -1.06. The van der Waals surface area contributed by atoms with Crippen molar-refractivity contribution in [3.63, 3.8) is 0 Å². The first-order valence-corrected chi connectivity index (χ1v) is 6.82. The van der Waals surface area contributed by atoms with Crippen LogP contribution in [0.1, 0.15) is 25.0 Å². The number of hydrogen-bond donors (Lipinski definition) is 1. The van der Waals surface area contributed by atoms with Crippen molar-refractivity contribution in [2.45, 2.75) is 33.4 Å². The fourth-order valence-electron chi connectivity index (χ4n) is 2.28. The second kappa shape index (κ2) is 6.21. The molecule has 1 N–H and O–H groups in total. The van der Waals surface area contributed by atoms with E-state index >= 15 is 0 Å². The molecule has 0 radical (unpaired) electrons. The van der Waals surface area contributed by atoms with Crippen molar-refractivity contribution in [1.29, 1.82) is 0 Å². The van der Waals surface area contributed by atoms with E-state index in [0.717, 1.165) is 32.8 Å². The van der Waals surface area contributed by atoms with E-state index in [-0.39, 0.29) is 0 Å². The number of ether oxygens (including phenoxy) is 1. The van der Waals surface area contributed by atoms with E-state index in [1.807, 2.05) is 0 Å². The van der Waals surface area contributed by atoms with Gasteiger partial charge in [0.1, 0.15) is 0 Å². The highest BCUT2D eigenvalue weighted by Gasteiger charge is 2.14. The number of rotatable bonds is 4. The van der Waals surface area contributed by atoms with Gasteiger partial charge >= 0.3 is 0 Å². The summed E-state index contributed by atoms with van der Waals surface area (Å²) in [5, 5.41) is 3.51. The van der Waals surface area contributed by atoms with E-state index in [1.165, 1.54) is 16.8 Å². The van der Waals surface area contributed by atoms with Crippen LogP contribution in [-0.4, -0.2) is 32.3 Å². The van der Waals surface area contributed by atoms with Gasteiger partial charge in [-0.1, -0.05) is 31.5 Å². The lowest BCUT2D eigenvalue weighted by Crippen LogP contribution is -2.37. The van der Waals surface area contributed by atoms with E-state index < -0.39 is 0 Å². The standard InChI is InChI=1S/C15H24N2O/c1-12(2)16-11-14-10-13(3)4-5-15(14)17-6-8-18-9-7-17/h4-5,10,12,16H,6-9,11H2,1-3H3. The maximum absolute atomic E-state index is 5.43. The Balaban J connectivity index is 2.16. The highest BCUT2D eigenvalue weighted by Crippen LogP contribution is 2.23. The quantitative estimate of drug-likeness (QED) is 0.885. The summed E-state index contributed by atoms with van der Waals surface area (Å²) in [6.07, 6.45) is 0. The van der Waals surface area contributed by atoms with Crippen LogP contribution in [0, 0.1) is 6.92 Å². The summed E-state index contributed by atoms with van der Waals surface area (Å²) in [4.78, 5) is 2.43. The Morgan fingerprint density at radius 2 is 2.00 bits per heavy atom. The predicted molar refractivity (Wildman–Crippen MR) is 76.2 cm³/mol. The number of benzene rings is 1. The Morgan fingerprint density at radius 3 is 2.67 bits per heavy atom. The molecule has 1 aromatic carbocycles. The van der Waals surface area contributed by atoms with Crippen molar-refractivity contribution in [1.82, 2.24) is 5.32 Å². The molecule has 0 spiro atoms. The average Bonchev–Trinajstić information content (AvgIpc) is 2.37. The van der Waals surface area contributed by atoms with Gasteiger partial charge in [-0.3, -0.25) is 0 Å². The number of aryl methyl sites for hydroxylation is 1. The molecule has 1 saturated heterocycles. The molecule has 1 aliphatic heterocycles.